The van der Waals surface area contributed by atoms with Gasteiger partial charge in [-0.15, -0.1) is 0 Å². The monoisotopic (exact) mass is 582 g/mol. The molecular weight excluding hydrogens is 559 g/mol. The minimum Gasteiger partial charge on any atom is -0.480 e. The van der Waals surface area contributed by atoms with Crippen LogP contribution in [0.2, 0.25) is 0 Å². The number of hydrogen-bond acceptors (Lipinski definition) is 4. The van der Waals surface area contributed by atoms with E-state index in [1.165, 1.54) is 6.07 Å². The summed E-state index contributed by atoms with van der Waals surface area (Å²) in [4.78, 5) is 37.0. The molecule has 0 aliphatic heterocycles. The van der Waals surface area contributed by atoms with Gasteiger partial charge in [0.15, 0.2) is 0 Å². The third-order valence-electron chi connectivity index (χ3n) is 6.72. The van der Waals surface area contributed by atoms with E-state index in [9.17, 15) is 19.5 Å². The Morgan fingerprint density at radius 2 is 1.60 bits per heavy atom. The molecule has 0 heterocycles. The highest BCUT2D eigenvalue weighted by atomic mass is 127. The van der Waals surface area contributed by atoms with E-state index in [4.69, 9.17) is 4.74 Å². The maximum absolute atomic E-state index is 12.8. The van der Waals surface area contributed by atoms with Gasteiger partial charge in [-0.1, -0.05) is 48.5 Å². The molecule has 35 heavy (non-hydrogen) atoms. The average Bonchev–Trinajstić information content (AvgIpc) is 3.13. The third kappa shape index (κ3) is 4.50. The predicted molar refractivity (Wildman–Crippen MR) is 140 cm³/mol. The van der Waals surface area contributed by atoms with Crippen molar-refractivity contribution in [2.45, 2.75) is 30.7 Å². The second kappa shape index (κ2) is 9.33. The first-order valence-electron chi connectivity index (χ1n) is 11.3. The van der Waals surface area contributed by atoms with E-state index in [1.807, 2.05) is 46.9 Å². The van der Waals surface area contributed by atoms with Crippen LogP contribution >= 0.6 is 22.6 Å². The van der Waals surface area contributed by atoms with Crippen LogP contribution in [0, 0.1) is 3.57 Å². The number of anilines is 1. The molecule has 0 unspecified atom stereocenters. The molecule has 2 aliphatic rings. The molecule has 0 saturated heterocycles. The highest BCUT2D eigenvalue weighted by molar-refractivity contribution is 14.1. The van der Waals surface area contributed by atoms with Crippen LogP contribution in [0.5, 0.6) is 0 Å². The van der Waals surface area contributed by atoms with Gasteiger partial charge in [-0.25, -0.2) is 9.59 Å². The molecule has 0 bridgehead atoms. The molecule has 178 valence electrons. The lowest BCUT2D eigenvalue weighted by Gasteiger charge is -2.38. The van der Waals surface area contributed by atoms with Gasteiger partial charge in [0, 0.05) is 20.7 Å². The summed E-state index contributed by atoms with van der Waals surface area (Å²) < 4.78 is 6.32. The fourth-order valence-electron chi connectivity index (χ4n) is 4.76. The first kappa shape index (κ1) is 23.3. The summed E-state index contributed by atoms with van der Waals surface area (Å²) in [5.41, 5.74) is 4.01. The van der Waals surface area contributed by atoms with Crippen molar-refractivity contribution in [2.24, 2.45) is 0 Å². The Labute approximate surface area is 216 Å². The molecule has 0 spiro atoms. The summed E-state index contributed by atoms with van der Waals surface area (Å²) in [5, 5.41) is 14.8. The Balaban J connectivity index is 1.27. The second-order valence-electron chi connectivity index (χ2n) is 8.87. The number of rotatable bonds is 6. The van der Waals surface area contributed by atoms with Gasteiger partial charge in [-0.2, -0.15) is 0 Å². The van der Waals surface area contributed by atoms with Gasteiger partial charge in [0.2, 0.25) is 0 Å². The Morgan fingerprint density at radius 1 is 0.971 bits per heavy atom. The van der Waals surface area contributed by atoms with Gasteiger partial charge in [0.25, 0.3) is 5.91 Å². The number of carbonyl (C=O) groups excluding carboxylic acids is 2. The summed E-state index contributed by atoms with van der Waals surface area (Å²) in [5.74, 6) is -1.57. The lowest BCUT2D eigenvalue weighted by molar-refractivity contribution is -0.148. The van der Waals surface area contributed by atoms with Crippen molar-refractivity contribution in [3.05, 3.63) is 87.0 Å². The number of ether oxygens (including phenoxy) is 1. The quantitative estimate of drug-likeness (QED) is 0.339. The first-order chi connectivity index (χ1) is 16.9. The van der Waals surface area contributed by atoms with Crippen LogP contribution in [0.1, 0.15) is 46.7 Å². The van der Waals surface area contributed by atoms with E-state index < -0.39 is 23.5 Å². The van der Waals surface area contributed by atoms with Crippen molar-refractivity contribution in [3.8, 4) is 11.1 Å². The Kier molecular flexibility index (Phi) is 6.22. The van der Waals surface area contributed by atoms with Gasteiger partial charge in [-0.05, 0) is 82.3 Å². The Morgan fingerprint density at radius 3 is 2.17 bits per heavy atom. The van der Waals surface area contributed by atoms with Crippen LogP contribution in [0.15, 0.2) is 66.7 Å². The van der Waals surface area contributed by atoms with E-state index >= 15 is 0 Å². The molecule has 0 atom stereocenters. The second-order valence-corrected chi connectivity index (χ2v) is 10.1. The largest absolute Gasteiger partial charge is 0.480 e. The fraction of sp³-hybridized carbons (Fsp3) is 0.222. The Bertz CT molecular complexity index is 1290. The lowest BCUT2D eigenvalue weighted by atomic mass is 9.76. The standard InChI is InChI=1S/C27H23IN2O5/c28-17-12-16(24(31)30-27(25(32)33)10-5-11-27)13-18(14-17)29-26(34)35-15-23-21-8-3-1-6-19(21)20-7-2-4-9-22(20)23/h1-4,6-9,12-14,23H,5,10-11,15H2,(H,29,34)(H,30,31)(H,32,33). The van der Waals surface area contributed by atoms with E-state index in [2.05, 4.69) is 34.9 Å². The van der Waals surface area contributed by atoms with Crippen LogP contribution in [0.25, 0.3) is 11.1 Å². The molecule has 3 aromatic rings. The van der Waals surface area contributed by atoms with Crippen LogP contribution in [0.4, 0.5) is 10.5 Å². The van der Waals surface area contributed by atoms with Crippen molar-refractivity contribution in [1.29, 1.82) is 0 Å². The van der Waals surface area contributed by atoms with Crippen molar-refractivity contribution >= 4 is 46.2 Å². The van der Waals surface area contributed by atoms with Crippen molar-refractivity contribution in [2.75, 3.05) is 11.9 Å². The van der Waals surface area contributed by atoms with Gasteiger partial charge in [0.1, 0.15) is 12.1 Å². The zero-order chi connectivity index (χ0) is 24.6. The molecular formula is C27H23IN2O5. The summed E-state index contributed by atoms with van der Waals surface area (Å²) in [6.07, 6.45) is 0.945. The molecule has 0 aromatic heterocycles. The smallest absolute Gasteiger partial charge is 0.411 e. The summed E-state index contributed by atoms with van der Waals surface area (Å²) >= 11 is 2.05. The number of benzene rings is 3. The molecule has 0 radical (unpaired) electrons. The number of carboxylic acid groups (broad SMARTS) is 1. The highest BCUT2D eigenvalue weighted by Gasteiger charge is 2.45. The van der Waals surface area contributed by atoms with E-state index in [0.717, 1.165) is 32.2 Å². The first-order valence-corrected chi connectivity index (χ1v) is 12.4. The van der Waals surface area contributed by atoms with Gasteiger partial charge >= 0.3 is 12.1 Å². The number of nitrogens with one attached hydrogen (secondary N) is 2. The number of fused-ring (bicyclic) bond motifs is 3. The van der Waals surface area contributed by atoms with Crippen LogP contribution in [-0.4, -0.2) is 35.2 Å². The van der Waals surface area contributed by atoms with Crippen LogP contribution in [-0.2, 0) is 9.53 Å². The summed E-state index contributed by atoms with van der Waals surface area (Å²) in [7, 11) is 0. The van der Waals surface area contributed by atoms with Crippen molar-refractivity contribution in [3.63, 3.8) is 0 Å². The molecule has 5 rings (SSSR count). The molecule has 7 nitrogen and oxygen atoms in total. The van der Waals surface area contributed by atoms with E-state index in [-0.39, 0.29) is 18.1 Å². The minimum absolute atomic E-state index is 0.0555. The third-order valence-corrected chi connectivity index (χ3v) is 7.34. The van der Waals surface area contributed by atoms with Crippen molar-refractivity contribution < 1.29 is 24.2 Å². The van der Waals surface area contributed by atoms with Gasteiger partial charge in [-0.3, -0.25) is 10.1 Å². The summed E-state index contributed by atoms with van der Waals surface area (Å²) in [6, 6.07) is 21.1. The van der Waals surface area contributed by atoms with Crippen LogP contribution < -0.4 is 10.6 Å². The van der Waals surface area contributed by atoms with E-state index in [1.54, 1.807) is 12.1 Å². The highest BCUT2D eigenvalue weighted by Crippen LogP contribution is 2.44. The summed E-state index contributed by atoms with van der Waals surface area (Å²) in [6.45, 7) is 0.179. The number of halogens is 1. The van der Waals surface area contributed by atoms with E-state index in [0.29, 0.717) is 18.5 Å². The molecule has 2 aliphatic carbocycles. The maximum atomic E-state index is 12.8. The zero-order valence-corrected chi connectivity index (χ0v) is 20.9. The minimum atomic E-state index is -1.21. The maximum Gasteiger partial charge on any atom is 0.411 e. The molecule has 8 heteroatoms. The Hall–Kier alpha value is -3.40. The average molecular weight is 582 g/mol. The molecule has 3 aromatic carbocycles. The normalized spacial score (nSPS) is 15.3. The van der Waals surface area contributed by atoms with Gasteiger partial charge < -0.3 is 15.2 Å². The SMILES string of the molecule is O=C(Nc1cc(I)cc(C(=O)NC2(C(=O)O)CCC2)c1)OCC1c2ccccc2-c2ccccc21. The number of carbonyl (C=O) groups is 3. The lowest BCUT2D eigenvalue weighted by Crippen LogP contribution is -2.59. The number of carboxylic acids is 1. The predicted octanol–water partition coefficient (Wildman–Crippen LogP) is 5.39. The number of hydrogen-bond donors (Lipinski definition) is 3. The van der Waals surface area contributed by atoms with Crippen molar-refractivity contribution in [1.82, 2.24) is 5.32 Å². The molecule has 3 N–H and O–H groups in total. The number of aliphatic carboxylic acids is 1. The topological polar surface area (TPSA) is 105 Å². The number of amides is 2. The fourth-order valence-corrected chi connectivity index (χ4v) is 5.43. The molecule has 1 fully saturated rings. The van der Waals surface area contributed by atoms with Gasteiger partial charge in [0.05, 0.1) is 0 Å². The zero-order valence-electron chi connectivity index (χ0n) is 18.7. The molecule has 2 amide bonds. The van der Waals surface area contributed by atoms with Crippen LogP contribution in [0.3, 0.4) is 0 Å². The molecule has 1 saturated carbocycles.